The predicted octanol–water partition coefficient (Wildman–Crippen LogP) is 2.30. The van der Waals surface area contributed by atoms with Crippen molar-refractivity contribution in [3.63, 3.8) is 0 Å². The highest BCUT2D eigenvalue weighted by atomic mass is 19.3. The first-order chi connectivity index (χ1) is 9.02. The van der Waals surface area contributed by atoms with Gasteiger partial charge < -0.3 is 4.90 Å². The second-order valence-corrected chi connectivity index (χ2v) is 4.46. The van der Waals surface area contributed by atoms with Crippen molar-refractivity contribution in [1.82, 2.24) is 10.2 Å². The standard InChI is InChI=1S/C13H15F3N2O/c1-2-10-13(19)18(7-11(15)16)12(17-10)8-3-5-9(14)6-4-8/h3-6,10-12,17H,2,7H2,1H3. The van der Waals surface area contributed by atoms with E-state index in [1.165, 1.54) is 24.3 Å². The summed E-state index contributed by atoms with van der Waals surface area (Å²) in [4.78, 5) is 13.1. The number of alkyl halides is 2. The highest BCUT2D eigenvalue weighted by Crippen LogP contribution is 2.27. The molecule has 1 fully saturated rings. The summed E-state index contributed by atoms with van der Waals surface area (Å²) in [5.41, 5.74) is 0.603. The SMILES string of the molecule is CCC1NC(c2ccc(F)cc2)N(CC(F)F)C1=O. The molecule has 1 heterocycles. The lowest BCUT2D eigenvalue weighted by Crippen LogP contribution is -2.34. The van der Waals surface area contributed by atoms with Crippen molar-refractivity contribution in [3.8, 4) is 0 Å². The Balaban J connectivity index is 2.25. The Labute approximate surface area is 109 Å². The summed E-state index contributed by atoms with van der Waals surface area (Å²) >= 11 is 0. The van der Waals surface area contributed by atoms with Crippen LogP contribution in [0, 0.1) is 5.82 Å². The van der Waals surface area contributed by atoms with Crippen LogP contribution in [-0.4, -0.2) is 29.8 Å². The monoisotopic (exact) mass is 272 g/mol. The maximum absolute atomic E-state index is 12.9. The summed E-state index contributed by atoms with van der Waals surface area (Å²) in [5.74, 6) is -0.738. The number of carbonyl (C=O) groups excluding carboxylic acids is 1. The van der Waals surface area contributed by atoms with Crippen LogP contribution >= 0.6 is 0 Å². The van der Waals surface area contributed by atoms with Gasteiger partial charge >= 0.3 is 0 Å². The first kappa shape index (κ1) is 13.9. The molecule has 1 aromatic rings. The lowest BCUT2D eigenvalue weighted by molar-refractivity contribution is -0.132. The van der Waals surface area contributed by atoms with Crippen LogP contribution in [0.2, 0.25) is 0 Å². The number of amides is 1. The van der Waals surface area contributed by atoms with E-state index in [9.17, 15) is 18.0 Å². The molecule has 0 aliphatic carbocycles. The van der Waals surface area contributed by atoms with E-state index in [0.717, 1.165) is 4.90 Å². The first-order valence-electron chi connectivity index (χ1n) is 6.13. The van der Waals surface area contributed by atoms with Crippen LogP contribution < -0.4 is 5.32 Å². The average Bonchev–Trinajstić information content (AvgIpc) is 2.67. The van der Waals surface area contributed by atoms with E-state index < -0.39 is 31.0 Å². The van der Waals surface area contributed by atoms with E-state index in [0.29, 0.717) is 12.0 Å². The van der Waals surface area contributed by atoms with Crippen molar-refractivity contribution in [2.75, 3.05) is 6.54 Å². The molecular formula is C13H15F3N2O. The van der Waals surface area contributed by atoms with E-state index in [1.54, 1.807) is 0 Å². The molecule has 0 aromatic heterocycles. The van der Waals surface area contributed by atoms with Crippen LogP contribution in [0.15, 0.2) is 24.3 Å². The number of halogens is 3. The van der Waals surface area contributed by atoms with Gasteiger partial charge in [-0.1, -0.05) is 19.1 Å². The average molecular weight is 272 g/mol. The van der Waals surface area contributed by atoms with Crippen LogP contribution in [0.5, 0.6) is 0 Å². The molecule has 1 amide bonds. The van der Waals surface area contributed by atoms with Gasteiger partial charge in [-0.05, 0) is 24.1 Å². The summed E-state index contributed by atoms with van der Waals surface area (Å²) in [6.07, 6.45) is -2.69. The molecule has 6 heteroatoms. The Bertz CT molecular complexity index is 450. The summed E-state index contributed by atoms with van der Waals surface area (Å²) in [5, 5.41) is 3.00. The predicted molar refractivity (Wildman–Crippen MR) is 64.1 cm³/mol. The molecule has 0 bridgehead atoms. The van der Waals surface area contributed by atoms with E-state index in [4.69, 9.17) is 0 Å². The van der Waals surface area contributed by atoms with Gasteiger partial charge in [-0.3, -0.25) is 10.1 Å². The first-order valence-corrected chi connectivity index (χ1v) is 6.13. The van der Waals surface area contributed by atoms with E-state index in [2.05, 4.69) is 5.32 Å². The fraction of sp³-hybridized carbons (Fsp3) is 0.462. The Morgan fingerprint density at radius 2 is 1.95 bits per heavy atom. The molecule has 1 aliphatic heterocycles. The summed E-state index contributed by atoms with van der Waals surface area (Å²) < 4.78 is 38.0. The molecule has 1 N–H and O–H groups in total. The fourth-order valence-electron chi connectivity index (χ4n) is 2.24. The summed E-state index contributed by atoms with van der Waals surface area (Å²) in [6, 6.07) is 5.03. The zero-order valence-electron chi connectivity index (χ0n) is 10.4. The smallest absolute Gasteiger partial charge is 0.255 e. The molecular weight excluding hydrogens is 257 g/mol. The lowest BCUT2D eigenvalue weighted by Gasteiger charge is -2.24. The van der Waals surface area contributed by atoms with Crippen LogP contribution in [0.1, 0.15) is 25.1 Å². The molecule has 2 unspecified atom stereocenters. The fourth-order valence-corrected chi connectivity index (χ4v) is 2.24. The molecule has 0 radical (unpaired) electrons. The molecule has 0 spiro atoms. The van der Waals surface area contributed by atoms with E-state index >= 15 is 0 Å². The number of hydrogen-bond acceptors (Lipinski definition) is 2. The van der Waals surface area contributed by atoms with Crippen LogP contribution in [0.4, 0.5) is 13.2 Å². The number of hydrogen-bond donors (Lipinski definition) is 1. The number of nitrogens with one attached hydrogen (secondary N) is 1. The van der Waals surface area contributed by atoms with Gasteiger partial charge in [0.15, 0.2) is 0 Å². The van der Waals surface area contributed by atoms with Gasteiger partial charge in [0, 0.05) is 0 Å². The number of rotatable bonds is 4. The van der Waals surface area contributed by atoms with E-state index in [1.807, 2.05) is 6.92 Å². The number of carbonyl (C=O) groups is 1. The second-order valence-electron chi connectivity index (χ2n) is 4.46. The molecule has 2 atom stereocenters. The third-order valence-corrected chi connectivity index (χ3v) is 3.18. The molecule has 2 rings (SSSR count). The van der Waals surface area contributed by atoms with Crippen LogP contribution in [0.3, 0.4) is 0 Å². The minimum Gasteiger partial charge on any atom is -0.316 e. The molecule has 0 saturated carbocycles. The van der Waals surface area contributed by atoms with Crippen molar-refractivity contribution in [1.29, 1.82) is 0 Å². The van der Waals surface area contributed by atoms with Crippen molar-refractivity contribution in [2.24, 2.45) is 0 Å². The maximum Gasteiger partial charge on any atom is 0.255 e. The molecule has 19 heavy (non-hydrogen) atoms. The normalized spacial score (nSPS) is 23.4. The lowest BCUT2D eigenvalue weighted by atomic mass is 10.1. The summed E-state index contributed by atoms with van der Waals surface area (Å²) in [6.45, 7) is 1.19. The molecule has 1 aromatic carbocycles. The molecule has 104 valence electrons. The Kier molecular flexibility index (Phi) is 4.09. The van der Waals surface area contributed by atoms with Gasteiger partial charge in [-0.15, -0.1) is 0 Å². The Morgan fingerprint density at radius 1 is 1.32 bits per heavy atom. The quantitative estimate of drug-likeness (QED) is 0.912. The zero-order valence-corrected chi connectivity index (χ0v) is 10.4. The van der Waals surface area contributed by atoms with Crippen molar-refractivity contribution in [2.45, 2.75) is 32.0 Å². The highest BCUT2D eigenvalue weighted by Gasteiger charge is 2.39. The van der Waals surface area contributed by atoms with Crippen LogP contribution in [-0.2, 0) is 4.79 Å². The summed E-state index contributed by atoms with van der Waals surface area (Å²) in [7, 11) is 0. The van der Waals surface area contributed by atoms with Gasteiger partial charge in [0.2, 0.25) is 5.91 Å². The van der Waals surface area contributed by atoms with Crippen molar-refractivity contribution >= 4 is 5.91 Å². The largest absolute Gasteiger partial charge is 0.316 e. The van der Waals surface area contributed by atoms with Crippen LogP contribution in [0.25, 0.3) is 0 Å². The van der Waals surface area contributed by atoms with Gasteiger partial charge in [0.1, 0.15) is 12.0 Å². The van der Waals surface area contributed by atoms with Gasteiger partial charge in [0.25, 0.3) is 6.43 Å². The van der Waals surface area contributed by atoms with Gasteiger partial charge in [0.05, 0.1) is 12.6 Å². The van der Waals surface area contributed by atoms with Gasteiger partial charge in [-0.25, -0.2) is 13.2 Å². The maximum atomic E-state index is 12.9. The molecule has 1 saturated heterocycles. The number of nitrogens with zero attached hydrogens (tertiary/aromatic N) is 1. The minimum absolute atomic E-state index is 0.336. The minimum atomic E-state index is -2.59. The highest BCUT2D eigenvalue weighted by molar-refractivity contribution is 5.84. The van der Waals surface area contributed by atoms with Gasteiger partial charge in [-0.2, -0.15) is 0 Å². The number of benzene rings is 1. The third-order valence-electron chi connectivity index (χ3n) is 3.18. The van der Waals surface area contributed by atoms with Crippen molar-refractivity contribution < 1.29 is 18.0 Å². The third kappa shape index (κ3) is 2.89. The Morgan fingerprint density at radius 3 is 2.47 bits per heavy atom. The molecule has 1 aliphatic rings. The Hall–Kier alpha value is -1.56. The van der Waals surface area contributed by atoms with E-state index in [-0.39, 0.29) is 5.91 Å². The molecule has 3 nitrogen and oxygen atoms in total. The van der Waals surface area contributed by atoms with Crippen molar-refractivity contribution in [3.05, 3.63) is 35.6 Å². The second kappa shape index (κ2) is 5.61. The zero-order chi connectivity index (χ0) is 14.0. The topological polar surface area (TPSA) is 32.3 Å².